The van der Waals surface area contributed by atoms with Crippen molar-refractivity contribution in [2.75, 3.05) is 13.1 Å². The molecule has 20 heavy (non-hydrogen) atoms. The zero-order valence-corrected chi connectivity index (χ0v) is 11.8. The zero-order valence-electron chi connectivity index (χ0n) is 11.8. The maximum absolute atomic E-state index is 12.3. The van der Waals surface area contributed by atoms with Gasteiger partial charge in [-0.2, -0.15) is 10.4 Å². The second kappa shape index (κ2) is 6.31. The van der Waals surface area contributed by atoms with Crippen LogP contribution in [0.3, 0.4) is 0 Å². The average molecular weight is 270 g/mol. The van der Waals surface area contributed by atoms with E-state index in [-0.39, 0.29) is 11.5 Å². The molecule has 0 aliphatic heterocycles. The molecule has 0 bridgehead atoms. The number of rotatable bonds is 5. The van der Waals surface area contributed by atoms with E-state index in [1.54, 1.807) is 6.20 Å². The van der Waals surface area contributed by atoms with E-state index in [2.05, 4.69) is 11.2 Å². The van der Waals surface area contributed by atoms with Gasteiger partial charge in [0.2, 0.25) is 0 Å². The lowest BCUT2D eigenvalue weighted by molar-refractivity contribution is 0.199. The largest absolute Gasteiger partial charge is 0.283 e. The molecule has 0 saturated carbocycles. The summed E-state index contributed by atoms with van der Waals surface area (Å²) in [4.78, 5) is 14.4. The van der Waals surface area contributed by atoms with Crippen LogP contribution in [-0.2, 0) is 6.67 Å². The smallest absolute Gasteiger partial charge is 0.275 e. The average Bonchev–Trinajstić information content (AvgIpc) is 2.49. The van der Waals surface area contributed by atoms with Gasteiger partial charge in [0.05, 0.1) is 30.2 Å². The van der Waals surface area contributed by atoms with Crippen molar-refractivity contribution in [1.29, 1.82) is 5.26 Å². The molecule has 0 N–H and O–H groups in total. The van der Waals surface area contributed by atoms with Crippen LogP contribution in [0.15, 0.2) is 35.3 Å². The van der Waals surface area contributed by atoms with Gasteiger partial charge in [-0.1, -0.05) is 25.1 Å². The highest BCUT2D eigenvalue weighted by molar-refractivity contribution is 5.80. The van der Waals surface area contributed by atoms with Crippen molar-refractivity contribution in [2.45, 2.75) is 20.5 Å². The van der Waals surface area contributed by atoms with E-state index in [4.69, 9.17) is 5.26 Å². The van der Waals surface area contributed by atoms with Gasteiger partial charge in [0.15, 0.2) is 0 Å². The first-order valence-electron chi connectivity index (χ1n) is 6.72. The van der Waals surface area contributed by atoms with Crippen LogP contribution in [0, 0.1) is 17.2 Å². The Bertz CT molecular complexity index is 686. The summed E-state index contributed by atoms with van der Waals surface area (Å²) in [7, 11) is 0. The fourth-order valence-electron chi connectivity index (χ4n) is 2.13. The molecule has 5 nitrogen and oxygen atoms in total. The van der Waals surface area contributed by atoms with E-state index in [1.807, 2.05) is 43.0 Å². The van der Waals surface area contributed by atoms with Crippen molar-refractivity contribution in [1.82, 2.24) is 14.7 Å². The summed E-state index contributed by atoms with van der Waals surface area (Å²) in [6.07, 6.45) is 1.71. The van der Waals surface area contributed by atoms with Crippen LogP contribution in [0.1, 0.15) is 13.8 Å². The SMILES string of the molecule is CCN(CC(C)C#N)Cn1ncc2ccccc2c1=O. The van der Waals surface area contributed by atoms with E-state index >= 15 is 0 Å². The van der Waals surface area contributed by atoms with Gasteiger partial charge in [0.25, 0.3) is 5.56 Å². The Morgan fingerprint density at radius 1 is 1.45 bits per heavy atom. The fraction of sp³-hybridized carbons (Fsp3) is 0.400. The van der Waals surface area contributed by atoms with Gasteiger partial charge >= 0.3 is 0 Å². The molecule has 0 aliphatic rings. The van der Waals surface area contributed by atoms with Gasteiger partial charge < -0.3 is 0 Å². The quantitative estimate of drug-likeness (QED) is 0.831. The summed E-state index contributed by atoms with van der Waals surface area (Å²) in [5.41, 5.74) is -0.0915. The number of hydrogen-bond acceptors (Lipinski definition) is 4. The highest BCUT2D eigenvalue weighted by Crippen LogP contribution is 2.07. The lowest BCUT2D eigenvalue weighted by atomic mass is 10.2. The first-order chi connectivity index (χ1) is 9.65. The fourth-order valence-corrected chi connectivity index (χ4v) is 2.13. The number of benzene rings is 1. The highest BCUT2D eigenvalue weighted by atomic mass is 16.1. The highest BCUT2D eigenvalue weighted by Gasteiger charge is 2.11. The minimum absolute atomic E-state index is 0.0638. The van der Waals surface area contributed by atoms with Gasteiger partial charge in [-0.3, -0.25) is 9.69 Å². The predicted octanol–water partition coefficient (Wildman–Crippen LogP) is 1.84. The Hall–Kier alpha value is -2.19. The van der Waals surface area contributed by atoms with Crippen LogP contribution >= 0.6 is 0 Å². The van der Waals surface area contributed by atoms with Crippen LogP contribution in [0.4, 0.5) is 0 Å². The molecule has 104 valence electrons. The van der Waals surface area contributed by atoms with Crippen LogP contribution in [0.25, 0.3) is 10.8 Å². The van der Waals surface area contributed by atoms with Gasteiger partial charge in [0.1, 0.15) is 0 Å². The molecular weight excluding hydrogens is 252 g/mol. The van der Waals surface area contributed by atoms with E-state index < -0.39 is 0 Å². The summed E-state index contributed by atoms with van der Waals surface area (Å²) < 4.78 is 1.45. The van der Waals surface area contributed by atoms with Gasteiger partial charge in [-0.05, 0) is 19.5 Å². The lowest BCUT2D eigenvalue weighted by Crippen LogP contribution is -2.36. The number of hydrogen-bond donors (Lipinski definition) is 0. The Labute approximate surface area is 118 Å². The Kier molecular flexibility index (Phi) is 4.49. The summed E-state index contributed by atoms with van der Waals surface area (Å²) >= 11 is 0. The van der Waals surface area contributed by atoms with Crippen molar-refractivity contribution >= 4 is 10.8 Å². The molecule has 0 radical (unpaired) electrons. The summed E-state index contributed by atoms with van der Waals surface area (Å²) in [6, 6.07) is 9.64. The molecular formula is C15H18N4O. The first-order valence-corrected chi connectivity index (χ1v) is 6.72. The maximum atomic E-state index is 12.3. The van der Waals surface area contributed by atoms with Crippen LogP contribution < -0.4 is 5.56 Å². The molecule has 0 fully saturated rings. The van der Waals surface area contributed by atoms with E-state index in [0.717, 1.165) is 11.9 Å². The third-order valence-electron chi connectivity index (χ3n) is 3.30. The standard InChI is InChI=1S/C15H18N4O/c1-3-18(10-12(2)8-16)11-19-15(20)14-7-5-4-6-13(14)9-17-19/h4-7,9,12H,3,10-11H2,1-2H3. The van der Waals surface area contributed by atoms with Gasteiger partial charge in [-0.25, -0.2) is 4.68 Å². The van der Waals surface area contributed by atoms with Crippen molar-refractivity contribution in [3.63, 3.8) is 0 Å². The predicted molar refractivity (Wildman–Crippen MR) is 78.0 cm³/mol. The topological polar surface area (TPSA) is 61.9 Å². The number of nitriles is 1. The molecule has 1 heterocycles. The van der Waals surface area contributed by atoms with E-state index in [0.29, 0.717) is 18.6 Å². The third kappa shape index (κ3) is 3.03. The van der Waals surface area contributed by atoms with Crippen LogP contribution in [0.2, 0.25) is 0 Å². The molecule has 0 amide bonds. The van der Waals surface area contributed by atoms with Gasteiger partial charge in [-0.15, -0.1) is 0 Å². The monoisotopic (exact) mass is 270 g/mol. The molecule has 2 aromatic rings. The molecule has 2 rings (SSSR count). The Morgan fingerprint density at radius 3 is 2.90 bits per heavy atom. The lowest BCUT2D eigenvalue weighted by Gasteiger charge is -2.21. The van der Waals surface area contributed by atoms with Crippen molar-refractivity contribution < 1.29 is 0 Å². The molecule has 0 spiro atoms. The molecule has 1 unspecified atom stereocenters. The molecule has 1 aromatic carbocycles. The van der Waals surface area contributed by atoms with Crippen LogP contribution in [-0.4, -0.2) is 27.8 Å². The summed E-state index contributed by atoms with van der Waals surface area (Å²) in [5.74, 6) is -0.0638. The first kappa shape index (κ1) is 14.2. The molecule has 5 heteroatoms. The minimum atomic E-state index is -0.0915. The van der Waals surface area contributed by atoms with E-state index in [1.165, 1.54) is 4.68 Å². The van der Waals surface area contributed by atoms with Crippen molar-refractivity contribution in [3.05, 3.63) is 40.8 Å². The zero-order chi connectivity index (χ0) is 14.5. The van der Waals surface area contributed by atoms with Crippen molar-refractivity contribution in [3.8, 4) is 6.07 Å². The minimum Gasteiger partial charge on any atom is -0.283 e. The second-order valence-corrected chi connectivity index (χ2v) is 4.88. The molecule has 0 saturated heterocycles. The molecule has 1 aromatic heterocycles. The summed E-state index contributed by atoms with van der Waals surface area (Å²) in [6.45, 7) is 5.70. The number of nitrogens with zero attached hydrogens (tertiary/aromatic N) is 4. The Balaban J connectivity index is 2.27. The van der Waals surface area contributed by atoms with E-state index in [9.17, 15) is 4.79 Å². The molecule has 0 aliphatic carbocycles. The normalized spacial score (nSPS) is 12.5. The van der Waals surface area contributed by atoms with Crippen LogP contribution in [0.5, 0.6) is 0 Å². The van der Waals surface area contributed by atoms with Crippen molar-refractivity contribution in [2.24, 2.45) is 5.92 Å². The van der Waals surface area contributed by atoms with Gasteiger partial charge in [0, 0.05) is 11.9 Å². The summed E-state index contributed by atoms with van der Waals surface area (Å²) in [5, 5.41) is 14.6. The number of aromatic nitrogens is 2. The molecule has 1 atom stereocenters. The Morgan fingerprint density at radius 2 is 2.20 bits per heavy atom. The maximum Gasteiger partial charge on any atom is 0.275 e. The number of fused-ring (bicyclic) bond motifs is 1. The second-order valence-electron chi connectivity index (χ2n) is 4.88. The third-order valence-corrected chi connectivity index (χ3v) is 3.30.